The molecule has 1 saturated carbocycles. The molecule has 0 aromatic carbocycles. The second-order valence-corrected chi connectivity index (χ2v) is 6.91. The fourth-order valence-corrected chi connectivity index (χ4v) is 2.71. The van der Waals surface area contributed by atoms with Crippen LogP contribution < -0.4 is 5.32 Å². The highest BCUT2D eigenvalue weighted by atomic mass is 32.2. The van der Waals surface area contributed by atoms with Gasteiger partial charge in [-0.25, -0.2) is 0 Å². The highest BCUT2D eigenvalue weighted by Gasteiger charge is 2.18. The van der Waals surface area contributed by atoms with Gasteiger partial charge >= 0.3 is 0 Å². The second kappa shape index (κ2) is 6.64. The van der Waals surface area contributed by atoms with Crippen molar-refractivity contribution in [2.24, 2.45) is 11.8 Å². The van der Waals surface area contributed by atoms with Gasteiger partial charge in [-0.05, 0) is 38.1 Å². The third-order valence-corrected chi connectivity index (χ3v) is 4.78. The molecule has 1 N–H and O–H groups in total. The molecule has 1 rings (SSSR count). The summed E-state index contributed by atoms with van der Waals surface area (Å²) in [5.41, 5.74) is 0. The zero-order valence-corrected chi connectivity index (χ0v) is 11.1. The third-order valence-electron chi connectivity index (χ3n) is 3.48. The maximum Gasteiger partial charge on any atom is 0.0441 e. The standard InChI is InChI=1S/C12H25NOS/c1-10-5-4-6-12(7-10)9-13-8-11(2)15(3)14/h10-13H,4-9H2,1-3H3. The quantitative estimate of drug-likeness (QED) is 0.785. The van der Waals surface area contributed by atoms with E-state index >= 15 is 0 Å². The van der Waals surface area contributed by atoms with Crippen molar-refractivity contribution in [3.63, 3.8) is 0 Å². The van der Waals surface area contributed by atoms with Gasteiger partial charge in [0, 0.05) is 28.9 Å². The van der Waals surface area contributed by atoms with Crippen LogP contribution in [0.15, 0.2) is 0 Å². The minimum Gasteiger partial charge on any atom is -0.315 e. The summed E-state index contributed by atoms with van der Waals surface area (Å²) in [5, 5.41) is 3.75. The van der Waals surface area contributed by atoms with Crippen molar-refractivity contribution >= 4 is 10.8 Å². The summed E-state index contributed by atoms with van der Waals surface area (Å²) >= 11 is 0. The molecular weight excluding hydrogens is 206 g/mol. The highest BCUT2D eigenvalue weighted by molar-refractivity contribution is 7.84. The van der Waals surface area contributed by atoms with E-state index in [9.17, 15) is 4.21 Å². The predicted molar refractivity (Wildman–Crippen MR) is 67.5 cm³/mol. The molecule has 1 aliphatic carbocycles. The van der Waals surface area contributed by atoms with Crippen LogP contribution in [0.2, 0.25) is 0 Å². The first kappa shape index (κ1) is 13.2. The Balaban J connectivity index is 2.11. The molecule has 1 fully saturated rings. The topological polar surface area (TPSA) is 29.1 Å². The van der Waals surface area contributed by atoms with Crippen molar-refractivity contribution in [1.29, 1.82) is 0 Å². The molecule has 15 heavy (non-hydrogen) atoms. The molecule has 0 heterocycles. The number of nitrogens with one attached hydrogen (secondary N) is 1. The summed E-state index contributed by atoms with van der Waals surface area (Å²) in [7, 11) is -0.686. The lowest BCUT2D eigenvalue weighted by Crippen LogP contribution is -2.33. The molecule has 0 saturated heterocycles. The molecule has 0 bridgehead atoms. The average Bonchev–Trinajstić information content (AvgIpc) is 2.17. The molecule has 4 unspecified atom stereocenters. The monoisotopic (exact) mass is 231 g/mol. The Morgan fingerprint density at radius 1 is 1.47 bits per heavy atom. The van der Waals surface area contributed by atoms with Crippen molar-refractivity contribution in [2.45, 2.75) is 44.8 Å². The van der Waals surface area contributed by atoms with E-state index in [-0.39, 0.29) is 5.25 Å². The molecule has 1 aliphatic rings. The molecule has 0 radical (unpaired) electrons. The maximum atomic E-state index is 11.1. The van der Waals surface area contributed by atoms with E-state index in [1.54, 1.807) is 6.26 Å². The second-order valence-electron chi connectivity index (χ2n) is 5.11. The molecule has 3 heteroatoms. The molecule has 0 aromatic heterocycles. The number of hydrogen-bond donors (Lipinski definition) is 1. The first-order valence-corrected chi connectivity index (χ1v) is 7.74. The molecular formula is C12H25NOS. The summed E-state index contributed by atoms with van der Waals surface area (Å²) in [4.78, 5) is 0. The fourth-order valence-electron chi connectivity index (χ4n) is 2.35. The van der Waals surface area contributed by atoms with Crippen LogP contribution >= 0.6 is 0 Å². The molecule has 90 valence electrons. The Labute approximate surface area is 96.7 Å². The van der Waals surface area contributed by atoms with Gasteiger partial charge in [-0.1, -0.05) is 19.8 Å². The van der Waals surface area contributed by atoms with Gasteiger partial charge in [0.15, 0.2) is 0 Å². The molecule has 2 nitrogen and oxygen atoms in total. The normalized spacial score (nSPS) is 31.1. The van der Waals surface area contributed by atoms with Crippen LogP contribution in [0.4, 0.5) is 0 Å². The number of rotatable bonds is 5. The fraction of sp³-hybridized carbons (Fsp3) is 1.00. The van der Waals surface area contributed by atoms with Crippen LogP contribution in [0.25, 0.3) is 0 Å². The molecule has 0 spiro atoms. The van der Waals surface area contributed by atoms with Crippen LogP contribution in [0.1, 0.15) is 39.5 Å². The number of hydrogen-bond acceptors (Lipinski definition) is 2. The Hall–Kier alpha value is 0.110. The van der Waals surface area contributed by atoms with Crippen LogP contribution in [0.3, 0.4) is 0 Å². The van der Waals surface area contributed by atoms with Gasteiger partial charge < -0.3 is 5.32 Å². The summed E-state index contributed by atoms with van der Waals surface area (Å²) in [6, 6.07) is 0. The lowest BCUT2D eigenvalue weighted by atomic mass is 9.82. The van der Waals surface area contributed by atoms with Gasteiger partial charge in [-0.3, -0.25) is 4.21 Å². The maximum absolute atomic E-state index is 11.1. The minimum atomic E-state index is -0.686. The Morgan fingerprint density at radius 3 is 2.80 bits per heavy atom. The zero-order valence-electron chi connectivity index (χ0n) is 10.3. The summed E-state index contributed by atoms with van der Waals surface area (Å²) < 4.78 is 11.1. The smallest absolute Gasteiger partial charge is 0.0441 e. The minimum absolute atomic E-state index is 0.283. The average molecular weight is 231 g/mol. The first-order valence-electron chi connectivity index (χ1n) is 6.12. The predicted octanol–water partition coefficient (Wildman–Crippen LogP) is 2.17. The Kier molecular flexibility index (Phi) is 5.83. The van der Waals surface area contributed by atoms with E-state index in [1.165, 1.54) is 25.7 Å². The van der Waals surface area contributed by atoms with Gasteiger partial charge in [0.1, 0.15) is 0 Å². The summed E-state index contributed by atoms with van der Waals surface area (Å²) in [5.74, 6) is 1.76. The van der Waals surface area contributed by atoms with Crippen molar-refractivity contribution in [3.05, 3.63) is 0 Å². The van der Waals surface area contributed by atoms with Crippen LogP contribution in [0, 0.1) is 11.8 Å². The van der Waals surface area contributed by atoms with E-state index < -0.39 is 10.8 Å². The van der Waals surface area contributed by atoms with Crippen molar-refractivity contribution in [1.82, 2.24) is 5.32 Å². The molecule has 0 amide bonds. The van der Waals surface area contributed by atoms with E-state index in [1.807, 2.05) is 6.92 Å². The highest BCUT2D eigenvalue weighted by Crippen LogP contribution is 2.27. The van der Waals surface area contributed by atoms with Gasteiger partial charge in [0.25, 0.3) is 0 Å². The first-order chi connectivity index (χ1) is 7.09. The Bertz CT molecular complexity index is 208. The van der Waals surface area contributed by atoms with Crippen LogP contribution in [-0.2, 0) is 10.8 Å². The van der Waals surface area contributed by atoms with Crippen LogP contribution in [0.5, 0.6) is 0 Å². The summed E-state index contributed by atoms with van der Waals surface area (Å²) in [6.07, 6.45) is 7.33. The molecule has 0 aromatic rings. The van der Waals surface area contributed by atoms with E-state index in [0.29, 0.717) is 0 Å². The SMILES string of the molecule is CC1CCCC(CNCC(C)S(C)=O)C1. The molecule has 4 atom stereocenters. The molecule has 0 aliphatic heterocycles. The van der Waals surface area contributed by atoms with Gasteiger partial charge in [-0.15, -0.1) is 0 Å². The van der Waals surface area contributed by atoms with Crippen molar-refractivity contribution < 1.29 is 4.21 Å². The van der Waals surface area contributed by atoms with E-state index in [4.69, 9.17) is 0 Å². The van der Waals surface area contributed by atoms with Crippen molar-refractivity contribution in [2.75, 3.05) is 19.3 Å². The van der Waals surface area contributed by atoms with Gasteiger partial charge in [0.2, 0.25) is 0 Å². The lowest BCUT2D eigenvalue weighted by Gasteiger charge is -2.27. The van der Waals surface area contributed by atoms with E-state index in [2.05, 4.69) is 12.2 Å². The zero-order chi connectivity index (χ0) is 11.3. The third kappa shape index (κ3) is 5.12. The van der Waals surface area contributed by atoms with E-state index in [0.717, 1.165) is 24.9 Å². The van der Waals surface area contributed by atoms with Gasteiger partial charge in [0.05, 0.1) is 0 Å². The lowest BCUT2D eigenvalue weighted by molar-refractivity contribution is 0.275. The van der Waals surface area contributed by atoms with Gasteiger partial charge in [-0.2, -0.15) is 0 Å². The van der Waals surface area contributed by atoms with Crippen LogP contribution in [-0.4, -0.2) is 28.8 Å². The summed E-state index contributed by atoms with van der Waals surface area (Å²) in [6.45, 7) is 6.42. The largest absolute Gasteiger partial charge is 0.315 e. The Morgan fingerprint density at radius 2 is 2.20 bits per heavy atom. The van der Waals surface area contributed by atoms with Crippen molar-refractivity contribution in [3.8, 4) is 0 Å².